The second kappa shape index (κ2) is 4.89. The Morgan fingerprint density at radius 3 is 2.67 bits per heavy atom. The van der Waals surface area contributed by atoms with Crippen molar-refractivity contribution in [3.05, 3.63) is 28.3 Å². The first-order chi connectivity index (χ1) is 10.2. The molecule has 3 nitrogen and oxygen atoms in total. The predicted molar refractivity (Wildman–Crippen MR) is 88.5 cm³/mol. The average molecular weight is 318 g/mol. The quantitative estimate of drug-likeness (QED) is 0.599. The molecule has 0 saturated carbocycles. The molecule has 0 fully saturated rings. The van der Waals surface area contributed by atoms with Crippen molar-refractivity contribution in [2.75, 3.05) is 0 Å². The van der Waals surface area contributed by atoms with Crippen LogP contribution >= 0.6 is 22.9 Å². The molecule has 1 aliphatic rings. The van der Waals surface area contributed by atoms with Gasteiger partial charge in [0.25, 0.3) is 0 Å². The van der Waals surface area contributed by atoms with E-state index in [9.17, 15) is 0 Å². The second-order valence-corrected chi connectivity index (χ2v) is 7.30. The number of hydrogen-bond donors (Lipinski definition) is 0. The molecular weight excluding hydrogens is 302 g/mol. The van der Waals surface area contributed by atoms with Gasteiger partial charge in [-0.15, -0.1) is 11.3 Å². The van der Waals surface area contributed by atoms with Crippen LogP contribution in [0.25, 0.3) is 20.4 Å². The molecule has 0 spiro atoms. The number of halogens is 1. The lowest BCUT2D eigenvalue weighted by molar-refractivity contribution is 0.667. The standard InChI is InChI=1S/C16H16ClN3S/c1-8(2)12-10-6-4-3-5-9(10)11-13-14(21-16(11)20-12)15(17)19-7-18-13/h7-8H,3-6H2,1-2H3. The summed E-state index contributed by atoms with van der Waals surface area (Å²) in [6.07, 6.45) is 6.34. The Morgan fingerprint density at radius 2 is 1.90 bits per heavy atom. The predicted octanol–water partition coefficient (Wildman–Crippen LogP) is 4.90. The van der Waals surface area contributed by atoms with Gasteiger partial charge in [-0.1, -0.05) is 25.4 Å². The molecule has 0 atom stereocenters. The van der Waals surface area contributed by atoms with Gasteiger partial charge in [0, 0.05) is 11.1 Å². The van der Waals surface area contributed by atoms with E-state index in [-0.39, 0.29) is 0 Å². The minimum Gasteiger partial charge on any atom is -0.241 e. The summed E-state index contributed by atoms with van der Waals surface area (Å²) in [6.45, 7) is 4.45. The number of rotatable bonds is 1. The summed E-state index contributed by atoms with van der Waals surface area (Å²) in [5.41, 5.74) is 5.15. The summed E-state index contributed by atoms with van der Waals surface area (Å²) in [6, 6.07) is 0. The van der Waals surface area contributed by atoms with Crippen LogP contribution < -0.4 is 0 Å². The molecule has 3 aromatic heterocycles. The second-order valence-electron chi connectivity index (χ2n) is 5.94. The third kappa shape index (κ3) is 1.96. The van der Waals surface area contributed by atoms with Crippen molar-refractivity contribution in [1.29, 1.82) is 0 Å². The zero-order valence-electron chi connectivity index (χ0n) is 12.1. The van der Waals surface area contributed by atoms with Crippen LogP contribution in [0.2, 0.25) is 5.15 Å². The molecule has 0 saturated heterocycles. The van der Waals surface area contributed by atoms with E-state index in [1.807, 2.05) is 0 Å². The van der Waals surface area contributed by atoms with Crippen molar-refractivity contribution >= 4 is 43.4 Å². The first-order valence-corrected chi connectivity index (χ1v) is 8.60. The summed E-state index contributed by atoms with van der Waals surface area (Å²) < 4.78 is 0.968. The number of aromatic nitrogens is 3. The smallest absolute Gasteiger partial charge is 0.150 e. The van der Waals surface area contributed by atoms with Gasteiger partial charge in [-0.3, -0.25) is 0 Å². The fraction of sp³-hybridized carbons (Fsp3) is 0.438. The van der Waals surface area contributed by atoms with E-state index in [0.29, 0.717) is 11.1 Å². The summed E-state index contributed by atoms with van der Waals surface area (Å²) in [7, 11) is 0. The van der Waals surface area contributed by atoms with Crippen LogP contribution in [0.5, 0.6) is 0 Å². The third-order valence-electron chi connectivity index (χ3n) is 4.26. The molecule has 4 rings (SSSR count). The largest absolute Gasteiger partial charge is 0.241 e. The van der Waals surface area contributed by atoms with E-state index in [2.05, 4.69) is 23.8 Å². The molecule has 0 amide bonds. The number of nitrogens with zero attached hydrogens (tertiary/aromatic N) is 3. The minimum absolute atomic E-state index is 0.452. The molecule has 0 unspecified atom stereocenters. The SMILES string of the molecule is CC(C)c1nc2sc3c(Cl)ncnc3c2c2c1CCCC2. The van der Waals surface area contributed by atoms with E-state index in [0.717, 1.165) is 27.9 Å². The van der Waals surface area contributed by atoms with Crippen LogP contribution in [-0.2, 0) is 12.8 Å². The van der Waals surface area contributed by atoms with E-state index in [4.69, 9.17) is 16.6 Å². The Kier molecular flexibility index (Phi) is 3.12. The third-order valence-corrected chi connectivity index (χ3v) is 5.74. The van der Waals surface area contributed by atoms with Gasteiger partial charge in [0.15, 0.2) is 0 Å². The molecule has 1 aliphatic carbocycles. The highest BCUT2D eigenvalue weighted by Crippen LogP contribution is 2.41. The Morgan fingerprint density at radius 1 is 1.14 bits per heavy atom. The highest BCUT2D eigenvalue weighted by atomic mass is 35.5. The lowest BCUT2D eigenvalue weighted by Crippen LogP contribution is -2.10. The number of aryl methyl sites for hydroxylation is 1. The van der Waals surface area contributed by atoms with Crippen molar-refractivity contribution in [1.82, 2.24) is 15.0 Å². The van der Waals surface area contributed by atoms with Gasteiger partial charge < -0.3 is 0 Å². The topological polar surface area (TPSA) is 38.7 Å². The normalized spacial score (nSPS) is 15.0. The van der Waals surface area contributed by atoms with E-state index in [1.165, 1.54) is 35.0 Å². The summed E-state index contributed by atoms with van der Waals surface area (Å²) >= 11 is 7.87. The van der Waals surface area contributed by atoms with Crippen molar-refractivity contribution < 1.29 is 0 Å². The van der Waals surface area contributed by atoms with Crippen LogP contribution in [0.15, 0.2) is 6.33 Å². The van der Waals surface area contributed by atoms with Gasteiger partial charge in [-0.25, -0.2) is 15.0 Å². The lowest BCUT2D eigenvalue weighted by Gasteiger charge is -2.21. The van der Waals surface area contributed by atoms with E-state index in [1.54, 1.807) is 17.7 Å². The molecule has 0 bridgehead atoms. The van der Waals surface area contributed by atoms with Gasteiger partial charge >= 0.3 is 0 Å². The molecule has 0 aromatic carbocycles. The van der Waals surface area contributed by atoms with Crippen LogP contribution in [0.3, 0.4) is 0 Å². The maximum Gasteiger partial charge on any atom is 0.150 e. The average Bonchev–Trinajstić information content (AvgIpc) is 2.86. The highest BCUT2D eigenvalue weighted by molar-refractivity contribution is 7.26. The van der Waals surface area contributed by atoms with E-state index >= 15 is 0 Å². The molecule has 0 aliphatic heterocycles. The first-order valence-electron chi connectivity index (χ1n) is 7.41. The number of pyridine rings is 1. The fourth-order valence-electron chi connectivity index (χ4n) is 3.34. The van der Waals surface area contributed by atoms with Crippen molar-refractivity contribution in [2.45, 2.75) is 45.4 Å². The van der Waals surface area contributed by atoms with Crippen molar-refractivity contribution in [3.63, 3.8) is 0 Å². The van der Waals surface area contributed by atoms with Crippen LogP contribution in [0.1, 0.15) is 49.4 Å². The van der Waals surface area contributed by atoms with E-state index < -0.39 is 0 Å². The molecule has 5 heteroatoms. The van der Waals surface area contributed by atoms with Gasteiger partial charge in [-0.2, -0.15) is 0 Å². The molecular formula is C16H16ClN3S. The van der Waals surface area contributed by atoms with Gasteiger partial charge in [0.1, 0.15) is 16.3 Å². The zero-order chi connectivity index (χ0) is 14.6. The first kappa shape index (κ1) is 13.4. The molecule has 0 N–H and O–H groups in total. The Labute approximate surface area is 132 Å². The molecule has 3 aromatic rings. The maximum atomic E-state index is 6.25. The summed E-state index contributed by atoms with van der Waals surface area (Å²) in [5.74, 6) is 0.452. The van der Waals surface area contributed by atoms with Crippen LogP contribution in [-0.4, -0.2) is 15.0 Å². The Hall–Kier alpha value is -1.26. The molecule has 3 heterocycles. The van der Waals surface area contributed by atoms with Crippen LogP contribution in [0, 0.1) is 0 Å². The fourth-order valence-corrected chi connectivity index (χ4v) is 4.64. The molecule has 0 radical (unpaired) electrons. The Bertz CT molecular complexity index is 854. The molecule has 21 heavy (non-hydrogen) atoms. The Balaban J connectivity index is 2.18. The highest BCUT2D eigenvalue weighted by Gasteiger charge is 2.23. The number of thiophene rings is 1. The summed E-state index contributed by atoms with van der Waals surface area (Å²) in [5, 5.41) is 1.76. The van der Waals surface area contributed by atoms with Gasteiger partial charge in [0.2, 0.25) is 0 Å². The van der Waals surface area contributed by atoms with Crippen LogP contribution in [0.4, 0.5) is 0 Å². The number of hydrogen-bond acceptors (Lipinski definition) is 4. The minimum atomic E-state index is 0.452. The zero-order valence-corrected chi connectivity index (χ0v) is 13.7. The van der Waals surface area contributed by atoms with Crippen molar-refractivity contribution in [3.8, 4) is 0 Å². The molecule has 108 valence electrons. The lowest BCUT2D eigenvalue weighted by atomic mass is 9.86. The van der Waals surface area contributed by atoms with Crippen molar-refractivity contribution in [2.24, 2.45) is 0 Å². The summed E-state index contributed by atoms with van der Waals surface area (Å²) in [4.78, 5) is 14.6. The maximum absolute atomic E-state index is 6.25. The van der Waals surface area contributed by atoms with Gasteiger partial charge in [0.05, 0.1) is 10.2 Å². The monoisotopic (exact) mass is 317 g/mol. The van der Waals surface area contributed by atoms with Gasteiger partial charge in [-0.05, 0) is 42.7 Å². The number of fused-ring (bicyclic) bond motifs is 5.